The Morgan fingerprint density at radius 2 is 1.97 bits per heavy atom. The van der Waals surface area contributed by atoms with Crippen molar-refractivity contribution in [1.82, 2.24) is 20.3 Å². The third kappa shape index (κ3) is 4.68. The normalized spacial score (nSPS) is 15.4. The van der Waals surface area contributed by atoms with Crippen LogP contribution in [0.2, 0.25) is 0 Å². The number of rotatable bonds is 5. The van der Waals surface area contributed by atoms with E-state index in [2.05, 4.69) is 55.3 Å². The van der Waals surface area contributed by atoms with Crippen LogP contribution in [0.3, 0.4) is 0 Å². The molecule has 180 valence electrons. The third-order valence-electron chi connectivity index (χ3n) is 6.19. The second-order valence-electron chi connectivity index (χ2n) is 8.77. The average Bonchev–Trinajstić information content (AvgIpc) is 2.89. The zero-order chi connectivity index (χ0) is 24.4. The number of anilines is 4. The van der Waals surface area contributed by atoms with Gasteiger partial charge in [0.2, 0.25) is 5.95 Å². The molecule has 0 unspecified atom stereocenters. The Morgan fingerprint density at radius 1 is 1.14 bits per heavy atom. The van der Waals surface area contributed by atoms with Crippen molar-refractivity contribution in [2.75, 3.05) is 54.4 Å². The summed E-state index contributed by atoms with van der Waals surface area (Å²) in [5, 5.41) is 16.1. The van der Waals surface area contributed by atoms with Crippen LogP contribution in [0.15, 0.2) is 36.7 Å². The van der Waals surface area contributed by atoms with Gasteiger partial charge >= 0.3 is 0 Å². The predicted molar refractivity (Wildman–Crippen MR) is 133 cm³/mol. The molecule has 3 aromatic rings. The molecule has 1 fully saturated rings. The third-order valence-corrected chi connectivity index (χ3v) is 6.19. The lowest BCUT2D eigenvalue weighted by Crippen LogP contribution is -2.43. The van der Waals surface area contributed by atoms with Gasteiger partial charge in [0.15, 0.2) is 11.6 Å². The van der Waals surface area contributed by atoms with Gasteiger partial charge in [-0.3, -0.25) is 0 Å². The molecule has 0 amide bonds. The lowest BCUT2D eigenvalue weighted by Gasteiger charge is -2.35. The summed E-state index contributed by atoms with van der Waals surface area (Å²) >= 11 is 0. The fraction of sp³-hybridized carbons (Fsp3) is 0.360. The molecule has 0 atom stereocenters. The van der Waals surface area contributed by atoms with E-state index in [1.165, 1.54) is 0 Å². The van der Waals surface area contributed by atoms with Crippen molar-refractivity contribution >= 4 is 23.1 Å². The van der Waals surface area contributed by atoms with Crippen LogP contribution in [0, 0.1) is 17.1 Å². The van der Waals surface area contributed by atoms with E-state index in [0.29, 0.717) is 35.8 Å². The van der Waals surface area contributed by atoms with Gasteiger partial charge in [0.05, 0.1) is 35.9 Å². The molecule has 2 aromatic heterocycles. The highest BCUT2D eigenvalue weighted by Gasteiger charge is 2.25. The van der Waals surface area contributed by atoms with E-state index in [9.17, 15) is 9.65 Å². The zero-order valence-corrected chi connectivity index (χ0v) is 19.8. The summed E-state index contributed by atoms with van der Waals surface area (Å²) in [5.41, 5.74) is 2.75. The maximum Gasteiger partial charge on any atom is 0.229 e. The minimum absolute atomic E-state index is 0.105. The van der Waals surface area contributed by atoms with Gasteiger partial charge in [-0.1, -0.05) is 0 Å². The lowest BCUT2D eigenvalue weighted by atomic mass is 10.0. The number of nitriles is 1. The van der Waals surface area contributed by atoms with Crippen molar-refractivity contribution in [2.45, 2.75) is 19.9 Å². The van der Waals surface area contributed by atoms with Crippen molar-refractivity contribution in [3.63, 3.8) is 0 Å². The van der Waals surface area contributed by atoms with Crippen LogP contribution in [-0.4, -0.2) is 60.3 Å². The first-order chi connectivity index (χ1) is 17.0. The molecule has 9 nitrogen and oxygen atoms in total. The van der Waals surface area contributed by atoms with Crippen LogP contribution < -0.4 is 25.2 Å². The molecule has 2 aliphatic rings. The lowest BCUT2D eigenvalue weighted by molar-refractivity contribution is 0.302. The molecule has 2 aliphatic heterocycles. The van der Waals surface area contributed by atoms with Crippen LogP contribution in [0.25, 0.3) is 11.3 Å². The van der Waals surface area contributed by atoms with E-state index in [4.69, 9.17) is 4.74 Å². The van der Waals surface area contributed by atoms with Crippen LogP contribution >= 0.6 is 0 Å². The highest BCUT2D eigenvalue weighted by atomic mass is 19.1. The molecule has 0 radical (unpaired) electrons. The van der Waals surface area contributed by atoms with E-state index in [1.54, 1.807) is 12.3 Å². The summed E-state index contributed by atoms with van der Waals surface area (Å²) in [7, 11) is 0. The molecule has 1 saturated heterocycles. The Balaban J connectivity index is 1.44. The number of ether oxygens (including phenoxy) is 1. The van der Waals surface area contributed by atoms with Crippen molar-refractivity contribution in [2.24, 2.45) is 0 Å². The maximum absolute atomic E-state index is 14.9. The van der Waals surface area contributed by atoms with Crippen molar-refractivity contribution in [3.8, 4) is 23.1 Å². The molecule has 2 N–H and O–H groups in total. The summed E-state index contributed by atoms with van der Waals surface area (Å²) in [4.78, 5) is 17.4. The summed E-state index contributed by atoms with van der Waals surface area (Å²) in [6, 6.07) is 9.66. The van der Waals surface area contributed by atoms with Gasteiger partial charge in [-0.25, -0.2) is 19.3 Å². The Morgan fingerprint density at radius 3 is 2.69 bits per heavy atom. The van der Waals surface area contributed by atoms with Crippen LogP contribution in [0.5, 0.6) is 5.75 Å². The molecule has 0 saturated carbocycles. The first-order valence-electron chi connectivity index (χ1n) is 11.7. The number of nitrogens with one attached hydrogen (secondary N) is 2. The van der Waals surface area contributed by atoms with E-state index in [-0.39, 0.29) is 17.7 Å². The monoisotopic (exact) mass is 474 g/mol. The Bertz CT molecular complexity index is 1250. The van der Waals surface area contributed by atoms with Crippen molar-refractivity contribution in [3.05, 3.63) is 48.0 Å². The smallest absolute Gasteiger partial charge is 0.229 e. The zero-order valence-electron chi connectivity index (χ0n) is 19.8. The first kappa shape index (κ1) is 22.8. The fourth-order valence-corrected chi connectivity index (χ4v) is 4.42. The van der Waals surface area contributed by atoms with Gasteiger partial charge in [-0.05, 0) is 38.1 Å². The Labute approximate surface area is 203 Å². The van der Waals surface area contributed by atoms with E-state index < -0.39 is 5.82 Å². The number of hydrogen-bond acceptors (Lipinski definition) is 9. The Hall–Kier alpha value is -3.97. The number of aromatic nitrogens is 3. The minimum Gasteiger partial charge on any atom is -0.488 e. The van der Waals surface area contributed by atoms with Gasteiger partial charge in [0, 0.05) is 37.8 Å². The van der Waals surface area contributed by atoms with Gasteiger partial charge in [-0.2, -0.15) is 5.26 Å². The van der Waals surface area contributed by atoms with Crippen molar-refractivity contribution in [1.29, 1.82) is 5.26 Å². The van der Waals surface area contributed by atoms with E-state index >= 15 is 0 Å². The summed E-state index contributed by atoms with van der Waals surface area (Å²) in [6.07, 6.45) is 2.93. The Kier molecular flexibility index (Phi) is 6.33. The van der Waals surface area contributed by atoms with Gasteiger partial charge in [0.25, 0.3) is 0 Å². The highest BCUT2D eigenvalue weighted by molar-refractivity contribution is 5.76. The van der Waals surface area contributed by atoms with Crippen molar-refractivity contribution < 1.29 is 9.13 Å². The topological polar surface area (TPSA) is 102 Å². The average molecular weight is 475 g/mol. The van der Waals surface area contributed by atoms with Gasteiger partial charge in [-0.15, -0.1) is 0 Å². The predicted octanol–water partition coefficient (Wildman–Crippen LogP) is 3.31. The number of piperazine rings is 1. The van der Waals surface area contributed by atoms with Crippen LogP contribution in [-0.2, 0) is 0 Å². The molecule has 0 aliphatic carbocycles. The van der Waals surface area contributed by atoms with Crippen LogP contribution in [0.1, 0.15) is 19.4 Å². The summed E-state index contributed by atoms with van der Waals surface area (Å²) in [6.45, 7) is 9.09. The number of nitrogens with zero attached hydrogens (tertiary/aromatic N) is 6. The standard InChI is InChI=1S/C25H27FN8O/c1-16(2)34-9-10-35-24-18(13-27)11-17(12-21(24)34)23-20(26)15-30-25(32-23)31-22-4-3-19(14-29-22)33-7-5-28-6-8-33/h3-4,11-12,14-16,28H,5-10H2,1-2H3,(H,29,30,31,32). The number of fused-ring (bicyclic) bond motifs is 1. The number of benzene rings is 1. The van der Waals surface area contributed by atoms with Gasteiger partial charge in [0.1, 0.15) is 24.2 Å². The SMILES string of the molecule is CC(C)N1CCOc2c(C#N)cc(-c3nc(Nc4ccc(N5CCNCC5)cn4)ncc3F)cc21. The molecule has 35 heavy (non-hydrogen) atoms. The van der Waals surface area contributed by atoms with Gasteiger partial charge < -0.3 is 25.2 Å². The van der Waals surface area contributed by atoms with E-state index in [0.717, 1.165) is 43.8 Å². The molecule has 10 heteroatoms. The largest absolute Gasteiger partial charge is 0.488 e. The molecule has 4 heterocycles. The summed E-state index contributed by atoms with van der Waals surface area (Å²) < 4.78 is 20.7. The quantitative estimate of drug-likeness (QED) is 0.577. The van der Waals surface area contributed by atoms with E-state index in [1.807, 2.05) is 18.2 Å². The highest BCUT2D eigenvalue weighted by Crippen LogP contribution is 2.40. The molecule has 0 bridgehead atoms. The molecule has 5 rings (SSSR count). The number of hydrogen-bond donors (Lipinski definition) is 2. The molecule has 1 aromatic carbocycles. The molecular formula is C25H27FN8O. The number of pyridine rings is 1. The maximum atomic E-state index is 14.9. The number of halogens is 1. The second kappa shape index (κ2) is 9.72. The second-order valence-corrected chi connectivity index (χ2v) is 8.77. The minimum atomic E-state index is -0.575. The summed E-state index contributed by atoms with van der Waals surface area (Å²) in [5.74, 6) is 0.730. The first-order valence-corrected chi connectivity index (χ1v) is 11.7. The fourth-order valence-electron chi connectivity index (χ4n) is 4.42. The molecular weight excluding hydrogens is 447 g/mol. The van der Waals surface area contributed by atoms with Crippen LogP contribution in [0.4, 0.5) is 27.5 Å². The molecule has 0 spiro atoms.